The lowest BCUT2D eigenvalue weighted by atomic mass is 10.0. The van der Waals surface area contributed by atoms with E-state index in [2.05, 4.69) is 6.58 Å². The Morgan fingerprint density at radius 2 is 2.37 bits per heavy atom. The second-order valence-electron chi connectivity index (χ2n) is 3.82. The van der Waals surface area contributed by atoms with Crippen LogP contribution < -0.4 is 11.1 Å². The Hall–Kier alpha value is -2.30. The fraction of sp³-hybridized carbons (Fsp3) is 0.286. The zero-order valence-corrected chi connectivity index (χ0v) is 9.55. The first kappa shape index (κ1) is 5.00. The number of fused-ring (bicyclic) bond motifs is 1. The molecule has 1 atom stereocenters. The molecule has 0 bridgehead atoms. The fourth-order valence-electron chi connectivity index (χ4n) is 1.71. The van der Waals surface area contributed by atoms with Gasteiger partial charge < -0.3 is 16.0 Å². The molecule has 1 fully saturated rings. The van der Waals surface area contributed by atoms with Crippen LogP contribution in [0.4, 0.5) is 5.69 Å². The van der Waals surface area contributed by atoms with E-state index in [4.69, 9.17) is 19.4 Å². The highest BCUT2D eigenvalue weighted by Gasteiger charge is 2.38. The summed E-state index contributed by atoms with van der Waals surface area (Å²) in [6.07, 6.45) is -6.54. The van der Waals surface area contributed by atoms with Gasteiger partial charge in [-0.3, -0.25) is 9.59 Å². The number of carbonyl (C=O) groups is 2. The predicted octanol–water partition coefficient (Wildman–Crippen LogP) is 1.02. The molecule has 3 rings (SSSR count). The Bertz CT molecular complexity index is 1010. The molecule has 2 amide bonds. The highest BCUT2D eigenvalue weighted by Crippen LogP contribution is 2.31. The van der Waals surface area contributed by atoms with E-state index in [1.165, 1.54) is 0 Å². The lowest BCUT2D eigenvalue weighted by Gasteiger charge is -2.30. The molecule has 5 nitrogen and oxygen atoms in total. The predicted molar refractivity (Wildman–Crippen MR) is 71.0 cm³/mol. The van der Waals surface area contributed by atoms with Crippen LogP contribution in [-0.4, -0.2) is 22.7 Å². The minimum Gasteiger partial charge on any atom is -0.398 e. The maximum absolute atomic E-state index is 13.0. The summed E-state index contributed by atoms with van der Waals surface area (Å²) in [6, 6.07) is -5.87. The summed E-state index contributed by atoms with van der Waals surface area (Å²) in [5.41, 5.74) is 2.80. The van der Waals surface area contributed by atoms with Crippen LogP contribution in [0.15, 0.2) is 30.4 Å². The number of nitrogens with zero attached hydrogens (tertiary/aromatic N) is 1. The summed E-state index contributed by atoms with van der Waals surface area (Å²) in [5.74, 6) is -3.04. The fourth-order valence-corrected chi connectivity index (χ4v) is 1.71. The smallest absolute Gasteiger partial charge is 0.255 e. The highest BCUT2D eigenvalue weighted by atomic mass is 16.2. The molecule has 5 heteroatoms. The molecule has 1 aromatic rings. The molecule has 0 aliphatic carbocycles. The van der Waals surface area contributed by atoms with Crippen LogP contribution in [0.2, 0.25) is 0 Å². The van der Waals surface area contributed by atoms with Crippen molar-refractivity contribution >= 4 is 17.5 Å². The first-order valence-corrected chi connectivity index (χ1v) is 5.22. The Morgan fingerprint density at radius 1 is 1.58 bits per heavy atom. The van der Waals surface area contributed by atoms with E-state index in [9.17, 15) is 9.59 Å². The van der Waals surface area contributed by atoms with Crippen molar-refractivity contribution in [2.45, 2.75) is 25.3 Å². The molecule has 2 heterocycles. The third kappa shape index (κ3) is 1.78. The number of anilines is 1. The number of carbonyl (C=O) groups excluding carboxylic acids is 2. The van der Waals surface area contributed by atoms with Crippen LogP contribution in [0.25, 0.3) is 0 Å². The van der Waals surface area contributed by atoms with E-state index in [1.807, 2.05) is 5.32 Å². The average Bonchev–Trinajstić information content (AvgIpc) is 2.81. The van der Waals surface area contributed by atoms with Crippen LogP contribution in [0.5, 0.6) is 0 Å². The van der Waals surface area contributed by atoms with Gasteiger partial charge in [-0.05, 0) is 24.8 Å². The highest BCUT2D eigenvalue weighted by molar-refractivity contribution is 6.02. The van der Waals surface area contributed by atoms with Crippen molar-refractivity contribution in [3.05, 3.63) is 41.5 Å². The molecule has 0 spiro atoms. The second-order valence-corrected chi connectivity index (χ2v) is 3.82. The number of hydrogen-bond donors (Lipinski definition) is 2. The van der Waals surface area contributed by atoms with Crippen LogP contribution in [0, 0.1) is 0 Å². The summed E-state index contributed by atoms with van der Waals surface area (Å²) >= 11 is 0. The number of nitrogens with two attached hydrogens (primary N) is 1. The van der Waals surface area contributed by atoms with E-state index in [0.717, 1.165) is 0 Å². The number of hydrogen-bond acceptors (Lipinski definition) is 3. The minimum atomic E-state index is -3.48. The monoisotopic (exact) mass is 267 g/mol. The number of nitrogen functional groups attached to an aromatic ring is 1. The largest absolute Gasteiger partial charge is 0.398 e. The number of nitrogens with one attached hydrogen (secondary N) is 1. The summed E-state index contributed by atoms with van der Waals surface area (Å²) in [4.78, 5) is 25.5. The summed E-state index contributed by atoms with van der Waals surface area (Å²) in [6.45, 7) is 0.0686. The van der Waals surface area contributed by atoms with Gasteiger partial charge in [0.15, 0.2) is 0 Å². The molecule has 98 valence electrons. The summed E-state index contributed by atoms with van der Waals surface area (Å²) < 4.78 is 80.7. The molecule has 1 aromatic carbocycles. The van der Waals surface area contributed by atoms with Gasteiger partial charge >= 0.3 is 0 Å². The zero-order valence-electron chi connectivity index (χ0n) is 19.5. The maximum Gasteiger partial charge on any atom is 0.255 e. The Labute approximate surface area is 125 Å². The van der Waals surface area contributed by atoms with E-state index in [-0.39, 0.29) is 4.90 Å². The first-order chi connectivity index (χ1) is 13.0. The van der Waals surface area contributed by atoms with Gasteiger partial charge in [-0.15, -0.1) is 0 Å². The number of piperidine rings is 1. The molecule has 0 radical (unpaired) electrons. The van der Waals surface area contributed by atoms with Gasteiger partial charge in [0.2, 0.25) is 5.91 Å². The standard InChI is InChI=1S/C14H15N3O2/c1-8-5-6-12(13(18)16-8)17-7-10-9(14(17)19)3-2-4-11(10)15/h2-4,12H,1,5-7,15H2,(H,16,18)/t12-/m1/s1/i2D,3D,4D,5D2,6D2,7D2,12D. The topological polar surface area (TPSA) is 75.4 Å². The summed E-state index contributed by atoms with van der Waals surface area (Å²) in [7, 11) is 0. The van der Waals surface area contributed by atoms with Crippen molar-refractivity contribution in [3.8, 4) is 0 Å². The van der Waals surface area contributed by atoms with E-state index in [1.54, 1.807) is 0 Å². The van der Waals surface area contributed by atoms with Gasteiger partial charge in [0.25, 0.3) is 5.91 Å². The number of rotatable bonds is 1. The normalized spacial score (nSPS) is 41.9. The van der Waals surface area contributed by atoms with Crippen molar-refractivity contribution in [1.29, 1.82) is 0 Å². The van der Waals surface area contributed by atoms with Gasteiger partial charge in [0, 0.05) is 34.5 Å². The van der Waals surface area contributed by atoms with Crippen molar-refractivity contribution in [1.82, 2.24) is 10.2 Å². The third-order valence-electron chi connectivity index (χ3n) is 2.58. The van der Waals surface area contributed by atoms with Crippen LogP contribution in [0.3, 0.4) is 0 Å². The van der Waals surface area contributed by atoms with Crippen molar-refractivity contribution in [2.75, 3.05) is 5.73 Å². The average molecular weight is 267 g/mol. The lowest BCUT2D eigenvalue weighted by molar-refractivity contribution is -0.126. The SMILES string of the molecule is [2H]c1c([2H])c(N)c2c(c1[2H])C(=O)N([C@@]1([2H])C(=O)NC(=C)C([2H])([2H])C1([2H])[2H])C2([2H])[2H]. The van der Waals surface area contributed by atoms with Crippen molar-refractivity contribution < 1.29 is 23.3 Å². The third-order valence-corrected chi connectivity index (χ3v) is 2.58. The minimum absolute atomic E-state index is 0.127. The van der Waals surface area contributed by atoms with Gasteiger partial charge in [0.1, 0.15) is 6.02 Å². The Balaban J connectivity index is 2.37. The second kappa shape index (κ2) is 4.12. The molecular formula is C14H15N3O2. The molecule has 2 aliphatic rings. The first-order valence-electron chi connectivity index (χ1n) is 10.2. The zero-order chi connectivity index (χ0) is 22.5. The quantitative estimate of drug-likeness (QED) is 0.746. The van der Waals surface area contributed by atoms with Gasteiger partial charge in [-0.1, -0.05) is 12.6 Å². The molecular weight excluding hydrogens is 242 g/mol. The lowest BCUT2D eigenvalue weighted by Crippen LogP contribution is -2.49. The Kier molecular flexibility index (Phi) is 1.08. The molecule has 0 saturated carbocycles. The molecule has 1 saturated heterocycles. The van der Waals surface area contributed by atoms with Crippen molar-refractivity contribution in [2.24, 2.45) is 0 Å². The van der Waals surface area contributed by atoms with E-state index >= 15 is 0 Å². The van der Waals surface area contributed by atoms with Gasteiger partial charge in [-0.2, -0.15) is 0 Å². The van der Waals surface area contributed by atoms with E-state index < -0.39 is 77.7 Å². The van der Waals surface area contributed by atoms with Crippen LogP contribution >= 0.6 is 0 Å². The van der Waals surface area contributed by atoms with Crippen LogP contribution in [-0.2, 0) is 11.3 Å². The van der Waals surface area contributed by atoms with Crippen LogP contribution in [0.1, 0.15) is 42.4 Å². The molecule has 0 aromatic heterocycles. The maximum atomic E-state index is 13.0. The number of benzene rings is 1. The number of allylic oxidation sites excluding steroid dienone is 1. The van der Waals surface area contributed by atoms with Crippen molar-refractivity contribution in [3.63, 3.8) is 0 Å². The molecule has 0 unspecified atom stereocenters. The molecule has 19 heavy (non-hydrogen) atoms. The molecule has 2 aliphatic heterocycles. The number of amides is 2. The Morgan fingerprint density at radius 3 is 3.16 bits per heavy atom. The summed E-state index contributed by atoms with van der Waals surface area (Å²) in [5, 5.41) is 1.88. The van der Waals surface area contributed by atoms with E-state index in [0.29, 0.717) is 0 Å². The molecule has 3 N–H and O–H groups in total. The van der Waals surface area contributed by atoms with Gasteiger partial charge in [0.05, 0.1) is 8.22 Å². The van der Waals surface area contributed by atoms with Gasteiger partial charge in [-0.25, -0.2) is 0 Å².